The molecular formula is C11H12ClNO2. The first-order valence-electron chi connectivity index (χ1n) is 4.76. The molecule has 3 nitrogen and oxygen atoms in total. The summed E-state index contributed by atoms with van der Waals surface area (Å²) in [5, 5.41) is 9.71. The molecule has 0 bridgehead atoms. The van der Waals surface area contributed by atoms with Crippen LogP contribution in [0.5, 0.6) is 0 Å². The van der Waals surface area contributed by atoms with Gasteiger partial charge in [0.05, 0.1) is 0 Å². The number of aryl methyl sites for hydroxylation is 1. The molecule has 1 aliphatic heterocycles. The Morgan fingerprint density at radius 1 is 1.60 bits per heavy atom. The molecule has 0 saturated carbocycles. The molecule has 4 heteroatoms. The van der Waals surface area contributed by atoms with Crippen LogP contribution >= 0.6 is 11.6 Å². The van der Waals surface area contributed by atoms with Gasteiger partial charge in [-0.2, -0.15) is 0 Å². The van der Waals surface area contributed by atoms with E-state index in [9.17, 15) is 4.79 Å². The second-order valence-corrected chi connectivity index (χ2v) is 4.27. The lowest BCUT2D eigenvalue weighted by Gasteiger charge is -2.20. The fourth-order valence-corrected chi connectivity index (χ4v) is 2.38. The molecule has 1 heterocycles. The molecule has 2 rings (SSSR count). The number of carboxylic acid groups (broad SMARTS) is 1. The van der Waals surface area contributed by atoms with Crippen LogP contribution in [0.25, 0.3) is 0 Å². The molecule has 1 N–H and O–H groups in total. The van der Waals surface area contributed by atoms with Gasteiger partial charge in [0.1, 0.15) is 6.04 Å². The van der Waals surface area contributed by atoms with Crippen molar-refractivity contribution >= 4 is 23.3 Å². The van der Waals surface area contributed by atoms with E-state index in [0.717, 1.165) is 16.8 Å². The summed E-state index contributed by atoms with van der Waals surface area (Å²) in [6.45, 7) is 1.97. The summed E-state index contributed by atoms with van der Waals surface area (Å²) >= 11 is 6.06. The Kier molecular flexibility index (Phi) is 2.35. The number of rotatable bonds is 1. The number of anilines is 1. The van der Waals surface area contributed by atoms with Crippen LogP contribution in [0, 0.1) is 6.92 Å². The van der Waals surface area contributed by atoms with Gasteiger partial charge in [0.15, 0.2) is 0 Å². The first-order valence-corrected chi connectivity index (χ1v) is 5.13. The Bertz CT molecular complexity index is 431. The number of fused-ring (bicyclic) bond motifs is 1. The van der Waals surface area contributed by atoms with E-state index in [-0.39, 0.29) is 0 Å². The lowest BCUT2D eigenvalue weighted by molar-refractivity contribution is -0.138. The van der Waals surface area contributed by atoms with Crippen molar-refractivity contribution in [2.45, 2.75) is 19.4 Å². The minimum Gasteiger partial charge on any atom is -0.480 e. The Hall–Kier alpha value is -1.22. The highest BCUT2D eigenvalue weighted by Gasteiger charge is 2.34. The minimum atomic E-state index is -0.802. The van der Waals surface area contributed by atoms with Gasteiger partial charge >= 0.3 is 5.97 Å². The van der Waals surface area contributed by atoms with Gasteiger partial charge in [-0.25, -0.2) is 4.79 Å². The monoisotopic (exact) mass is 225 g/mol. The van der Waals surface area contributed by atoms with Crippen molar-refractivity contribution < 1.29 is 9.90 Å². The summed E-state index contributed by atoms with van der Waals surface area (Å²) in [4.78, 5) is 12.8. The zero-order chi connectivity index (χ0) is 11.2. The molecule has 0 aromatic heterocycles. The van der Waals surface area contributed by atoms with Gasteiger partial charge < -0.3 is 10.0 Å². The van der Waals surface area contributed by atoms with E-state index in [2.05, 4.69) is 0 Å². The largest absolute Gasteiger partial charge is 0.480 e. The van der Waals surface area contributed by atoms with Crippen molar-refractivity contribution in [1.29, 1.82) is 0 Å². The van der Waals surface area contributed by atoms with Crippen LogP contribution in [0.2, 0.25) is 5.02 Å². The number of carbonyl (C=O) groups is 1. The van der Waals surface area contributed by atoms with Crippen LogP contribution in [0.15, 0.2) is 12.1 Å². The molecule has 1 atom stereocenters. The summed E-state index contributed by atoms with van der Waals surface area (Å²) < 4.78 is 0. The van der Waals surface area contributed by atoms with Crippen molar-refractivity contribution in [3.8, 4) is 0 Å². The number of benzene rings is 1. The second kappa shape index (κ2) is 3.42. The maximum Gasteiger partial charge on any atom is 0.326 e. The van der Waals surface area contributed by atoms with Gasteiger partial charge in [-0.15, -0.1) is 0 Å². The van der Waals surface area contributed by atoms with Gasteiger partial charge in [-0.1, -0.05) is 17.7 Å². The average Bonchev–Trinajstić information content (AvgIpc) is 2.51. The van der Waals surface area contributed by atoms with E-state index in [1.807, 2.05) is 19.1 Å². The minimum absolute atomic E-state index is 0.487. The molecule has 0 amide bonds. The van der Waals surface area contributed by atoms with E-state index in [4.69, 9.17) is 16.7 Å². The molecule has 1 aromatic rings. The standard InChI is InChI=1S/C11H12ClNO2/c1-6-3-4-8(12)7-5-9(11(14)15)13(2)10(6)7/h3-4,9H,5H2,1-2H3,(H,14,15). The van der Waals surface area contributed by atoms with E-state index in [0.29, 0.717) is 11.4 Å². The van der Waals surface area contributed by atoms with Crippen LogP contribution in [-0.4, -0.2) is 24.2 Å². The zero-order valence-electron chi connectivity index (χ0n) is 8.62. The fourth-order valence-electron chi connectivity index (χ4n) is 2.15. The second-order valence-electron chi connectivity index (χ2n) is 3.86. The van der Waals surface area contributed by atoms with Crippen molar-refractivity contribution in [2.75, 3.05) is 11.9 Å². The van der Waals surface area contributed by atoms with E-state index < -0.39 is 12.0 Å². The maximum absolute atomic E-state index is 11.0. The Balaban J connectivity index is 2.53. The summed E-state index contributed by atoms with van der Waals surface area (Å²) in [6, 6.07) is 3.26. The third-order valence-electron chi connectivity index (χ3n) is 2.93. The molecule has 0 aliphatic carbocycles. The van der Waals surface area contributed by atoms with Crippen LogP contribution < -0.4 is 4.90 Å². The van der Waals surface area contributed by atoms with Crippen LogP contribution in [0.3, 0.4) is 0 Å². The smallest absolute Gasteiger partial charge is 0.326 e. The normalized spacial score (nSPS) is 19.1. The SMILES string of the molecule is Cc1ccc(Cl)c2c1N(C)C(C(=O)O)C2. The Morgan fingerprint density at radius 3 is 2.80 bits per heavy atom. The van der Waals surface area contributed by atoms with E-state index in [1.54, 1.807) is 11.9 Å². The van der Waals surface area contributed by atoms with Gasteiger partial charge in [-0.05, 0) is 24.1 Å². The third-order valence-corrected chi connectivity index (χ3v) is 3.28. The number of halogens is 1. The Labute approximate surface area is 93.3 Å². The number of hydrogen-bond acceptors (Lipinski definition) is 2. The molecule has 80 valence electrons. The summed E-state index contributed by atoms with van der Waals surface area (Å²) in [6.07, 6.45) is 0.488. The first-order chi connectivity index (χ1) is 7.02. The molecule has 1 aliphatic rings. The van der Waals surface area contributed by atoms with Gasteiger partial charge in [-0.3, -0.25) is 0 Å². The summed E-state index contributed by atoms with van der Waals surface area (Å²) in [7, 11) is 1.80. The fraction of sp³-hybridized carbons (Fsp3) is 0.364. The van der Waals surface area contributed by atoms with Gasteiger partial charge in [0.25, 0.3) is 0 Å². The number of carboxylic acids is 1. The van der Waals surface area contributed by atoms with Crippen LogP contribution in [0.1, 0.15) is 11.1 Å². The van der Waals surface area contributed by atoms with Crippen molar-refractivity contribution in [3.63, 3.8) is 0 Å². The lowest BCUT2D eigenvalue weighted by atomic mass is 10.1. The van der Waals surface area contributed by atoms with Crippen LogP contribution in [-0.2, 0) is 11.2 Å². The number of nitrogens with zero attached hydrogens (tertiary/aromatic N) is 1. The molecule has 1 aromatic carbocycles. The molecule has 0 spiro atoms. The number of likely N-dealkylation sites (N-methyl/N-ethyl adjacent to an activating group) is 1. The highest BCUT2D eigenvalue weighted by Crippen LogP contribution is 2.38. The van der Waals surface area contributed by atoms with E-state index in [1.165, 1.54) is 0 Å². The molecule has 0 fully saturated rings. The number of aliphatic carboxylic acids is 1. The first kappa shape index (κ1) is 10.3. The molecule has 0 radical (unpaired) electrons. The quantitative estimate of drug-likeness (QED) is 0.796. The van der Waals surface area contributed by atoms with Crippen molar-refractivity contribution in [2.24, 2.45) is 0 Å². The third kappa shape index (κ3) is 1.47. The molecular weight excluding hydrogens is 214 g/mol. The van der Waals surface area contributed by atoms with Crippen molar-refractivity contribution in [3.05, 3.63) is 28.3 Å². The van der Waals surface area contributed by atoms with Crippen molar-refractivity contribution in [1.82, 2.24) is 0 Å². The van der Waals surface area contributed by atoms with Crippen LogP contribution in [0.4, 0.5) is 5.69 Å². The lowest BCUT2D eigenvalue weighted by Crippen LogP contribution is -2.35. The predicted octanol–water partition coefficient (Wildman–Crippen LogP) is 2.09. The van der Waals surface area contributed by atoms with E-state index >= 15 is 0 Å². The maximum atomic E-state index is 11.0. The highest BCUT2D eigenvalue weighted by atomic mass is 35.5. The molecule has 0 saturated heterocycles. The zero-order valence-corrected chi connectivity index (χ0v) is 9.38. The molecule has 1 unspecified atom stereocenters. The number of hydrogen-bond donors (Lipinski definition) is 1. The van der Waals surface area contributed by atoms with Gasteiger partial charge in [0.2, 0.25) is 0 Å². The molecule has 15 heavy (non-hydrogen) atoms. The summed E-state index contributed by atoms with van der Waals surface area (Å²) in [5.74, 6) is -0.802. The topological polar surface area (TPSA) is 40.5 Å². The Morgan fingerprint density at radius 2 is 2.27 bits per heavy atom. The highest BCUT2D eigenvalue weighted by molar-refractivity contribution is 6.32. The predicted molar refractivity (Wildman–Crippen MR) is 59.7 cm³/mol. The summed E-state index contributed by atoms with van der Waals surface area (Å²) in [5.41, 5.74) is 2.99. The van der Waals surface area contributed by atoms with Gasteiger partial charge in [0, 0.05) is 24.2 Å². The average molecular weight is 226 g/mol.